The summed E-state index contributed by atoms with van der Waals surface area (Å²) in [7, 11) is 1.80. The van der Waals surface area contributed by atoms with Gasteiger partial charge in [0.05, 0.1) is 12.7 Å². The predicted molar refractivity (Wildman–Crippen MR) is 86.4 cm³/mol. The largest absolute Gasteiger partial charge is 0.488 e. The Hall–Kier alpha value is -2.37. The summed E-state index contributed by atoms with van der Waals surface area (Å²) in [6, 6.07) is 4.83. The minimum atomic E-state index is -0.377. The number of hydrogen-bond acceptors (Lipinski definition) is 3. The quantitative estimate of drug-likeness (QED) is 0.851. The highest BCUT2D eigenvalue weighted by Crippen LogP contribution is 2.38. The first-order chi connectivity index (χ1) is 11.6. The lowest BCUT2D eigenvalue weighted by atomic mass is 9.80. The van der Waals surface area contributed by atoms with E-state index < -0.39 is 0 Å². The number of amides is 1. The number of ether oxygens (including phenoxy) is 1. The molecule has 24 heavy (non-hydrogen) atoms. The summed E-state index contributed by atoms with van der Waals surface area (Å²) in [5, 5.41) is 4.30. The Morgan fingerprint density at radius 1 is 1.38 bits per heavy atom. The summed E-state index contributed by atoms with van der Waals surface area (Å²) >= 11 is 0. The molecule has 0 unspecified atom stereocenters. The van der Waals surface area contributed by atoms with Crippen molar-refractivity contribution >= 4 is 5.91 Å². The summed E-state index contributed by atoms with van der Waals surface area (Å²) in [4.78, 5) is 14.8. The lowest BCUT2D eigenvalue weighted by Gasteiger charge is -2.27. The Morgan fingerprint density at radius 3 is 2.96 bits per heavy atom. The number of nitrogens with zero attached hydrogens (tertiary/aromatic N) is 3. The molecule has 2 aromatic rings. The van der Waals surface area contributed by atoms with Gasteiger partial charge in [0.1, 0.15) is 12.3 Å². The van der Waals surface area contributed by atoms with Gasteiger partial charge in [-0.25, -0.2) is 4.39 Å². The highest BCUT2D eigenvalue weighted by Gasteiger charge is 2.31. The standard InChI is InChI=1S/C18H20FN3O2/c1-21-16(14(10-20-21)12-4-2-5-12)18(23)22-8-9-24-17-13(11-22)6-3-7-15(17)19/h3,6-7,10,12H,2,4-5,8-9,11H2,1H3. The fraction of sp³-hybridized carbons (Fsp3) is 0.444. The molecule has 1 aliphatic carbocycles. The van der Waals surface area contributed by atoms with E-state index in [0.29, 0.717) is 30.3 Å². The summed E-state index contributed by atoms with van der Waals surface area (Å²) in [6.07, 6.45) is 5.25. The van der Waals surface area contributed by atoms with Crippen LogP contribution >= 0.6 is 0 Å². The second kappa shape index (κ2) is 5.92. The van der Waals surface area contributed by atoms with Crippen LogP contribution in [0.4, 0.5) is 4.39 Å². The molecule has 4 rings (SSSR count). The van der Waals surface area contributed by atoms with Crippen LogP contribution in [0.3, 0.4) is 0 Å². The molecule has 126 valence electrons. The number of fused-ring (bicyclic) bond motifs is 1. The monoisotopic (exact) mass is 329 g/mol. The number of aryl methyl sites for hydroxylation is 1. The second-order valence-corrected chi connectivity index (χ2v) is 6.50. The maximum Gasteiger partial charge on any atom is 0.272 e. The van der Waals surface area contributed by atoms with E-state index in [2.05, 4.69) is 5.10 Å². The van der Waals surface area contributed by atoms with E-state index in [4.69, 9.17) is 4.74 Å². The molecule has 0 atom stereocenters. The van der Waals surface area contributed by atoms with Crippen LogP contribution in [0.15, 0.2) is 24.4 Å². The van der Waals surface area contributed by atoms with Crippen LogP contribution in [0.5, 0.6) is 5.75 Å². The number of hydrogen-bond donors (Lipinski definition) is 0. The first-order valence-electron chi connectivity index (χ1n) is 8.36. The molecule has 0 saturated heterocycles. The van der Waals surface area contributed by atoms with Crippen molar-refractivity contribution in [1.82, 2.24) is 14.7 Å². The normalized spacial score (nSPS) is 17.7. The SMILES string of the molecule is Cn1ncc(C2CCC2)c1C(=O)N1CCOc2c(F)cccc2C1. The Balaban J connectivity index is 1.64. The van der Waals surface area contributed by atoms with Crippen LogP contribution in [-0.4, -0.2) is 33.7 Å². The molecule has 0 radical (unpaired) electrons. The minimum absolute atomic E-state index is 0.0578. The van der Waals surface area contributed by atoms with E-state index in [0.717, 1.165) is 18.4 Å². The third-order valence-electron chi connectivity index (χ3n) is 5.02. The van der Waals surface area contributed by atoms with Gasteiger partial charge in [-0.1, -0.05) is 18.6 Å². The summed E-state index contributed by atoms with van der Waals surface area (Å²) in [5.41, 5.74) is 2.39. The predicted octanol–water partition coefficient (Wildman–Crippen LogP) is 2.86. The van der Waals surface area contributed by atoms with Crippen LogP contribution in [-0.2, 0) is 13.6 Å². The van der Waals surface area contributed by atoms with E-state index in [9.17, 15) is 9.18 Å². The fourth-order valence-corrected chi connectivity index (χ4v) is 3.44. The first kappa shape index (κ1) is 15.2. The maximum absolute atomic E-state index is 13.9. The summed E-state index contributed by atoms with van der Waals surface area (Å²) < 4.78 is 21.1. The van der Waals surface area contributed by atoms with E-state index >= 15 is 0 Å². The molecule has 6 heteroatoms. The maximum atomic E-state index is 13.9. The zero-order valence-electron chi connectivity index (χ0n) is 13.7. The zero-order chi connectivity index (χ0) is 16.7. The molecule has 0 spiro atoms. The van der Waals surface area contributed by atoms with Crippen LogP contribution in [0.2, 0.25) is 0 Å². The van der Waals surface area contributed by atoms with Gasteiger partial charge in [-0.05, 0) is 24.8 Å². The van der Waals surface area contributed by atoms with Gasteiger partial charge >= 0.3 is 0 Å². The Bertz CT molecular complexity index is 783. The van der Waals surface area contributed by atoms with Gasteiger partial charge in [0.15, 0.2) is 11.6 Å². The Labute approximate surface area is 140 Å². The number of rotatable bonds is 2. The highest BCUT2D eigenvalue weighted by atomic mass is 19.1. The number of para-hydroxylation sites is 1. The van der Waals surface area contributed by atoms with Gasteiger partial charge in [-0.3, -0.25) is 9.48 Å². The molecule has 1 aliphatic heterocycles. The van der Waals surface area contributed by atoms with Gasteiger partial charge in [0, 0.05) is 24.7 Å². The van der Waals surface area contributed by atoms with Gasteiger partial charge < -0.3 is 9.64 Å². The van der Waals surface area contributed by atoms with Gasteiger partial charge in [0.2, 0.25) is 0 Å². The molecule has 1 amide bonds. The van der Waals surface area contributed by atoms with Gasteiger partial charge in [-0.15, -0.1) is 0 Å². The topological polar surface area (TPSA) is 47.4 Å². The van der Waals surface area contributed by atoms with Crippen LogP contribution < -0.4 is 4.74 Å². The molecule has 1 saturated carbocycles. The molecular formula is C18H20FN3O2. The molecule has 0 bridgehead atoms. The van der Waals surface area contributed by atoms with E-state index in [1.54, 1.807) is 28.8 Å². The summed E-state index contributed by atoms with van der Waals surface area (Å²) in [5.74, 6) is 0.262. The number of carbonyl (C=O) groups is 1. The van der Waals surface area contributed by atoms with Crippen molar-refractivity contribution < 1.29 is 13.9 Å². The Kier molecular flexibility index (Phi) is 3.75. The van der Waals surface area contributed by atoms with E-state index in [-0.39, 0.29) is 24.1 Å². The van der Waals surface area contributed by atoms with E-state index in [1.807, 2.05) is 6.20 Å². The first-order valence-corrected chi connectivity index (χ1v) is 8.36. The number of carbonyl (C=O) groups excluding carboxylic acids is 1. The van der Waals surface area contributed by atoms with Crippen molar-refractivity contribution in [3.8, 4) is 5.75 Å². The molecule has 1 fully saturated rings. The number of benzene rings is 1. The van der Waals surface area contributed by atoms with Gasteiger partial charge in [-0.2, -0.15) is 5.10 Å². The molecular weight excluding hydrogens is 309 g/mol. The summed E-state index contributed by atoms with van der Waals surface area (Å²) in [6.45, 7) is 1.07. The van der Waals surface area contributed by atoms with Crippen molar-refractivity contribution in [1.29, 1.82) is 0 Å². The third-order valence-corrected chi connectivity index (χ3v) is 5.02. The van der Waals surface area contributed by atoms with Crippen LogP contribution in [0.25, 0.3) is 0 Å². The van der Waals surface area contributed by atoms with Crippen molar-refractivity contribution in [2.45, 2.75) is 31.7 Å². The van der Waals surface area contributed by atoms with Crippen LogP contribution in [0, 0.1) is 5.82 Å². The molecule has 2 aliphatic rings. The molecule has 1 aromatic heterocycles. The second-order valence-electron chi connectivity index (χ2n) is 6.50. The molecule has 0 N–H and O–H groups in total. The lowest BCUT2D eigenvalue weighted by Crippen LogP contribution is -2.34. The van der Waals surface area contributed by atoms with Gasteiger partial charge in [0.25, 0.3) is 5.91 Å². The minimum Gasteiger partial charge on any atom is -0.488 e. The van der Waals surface area contributed by atoms with Crippen molar-refractivity contribution in [2.24, 2.45) is 7.05 Å². The molecule has 1 aromatic carbocycles. The smallest absolute Gasteiger partial charge is 0.272 e. The number of halogens is 1. The zero-order valence-corrected chi connectivity index (χ0v) is 13.7. The molecule has 5 nitrogen and oxygen atoms in total. The van der Waals surface area contributed by atoms with Crippen molar-refractivity contribution in [3.05, 3.63) is 47.0 Å². The third kappa shape index (κ3) is 2.46. The van der Waals surface area contributed by atoms with Crippen LogP contribution in [0.1, 0.15) is 46.8 Å². The fourth-order valence-electron chi connectivity index (χ4n) is 3.44. The Morgan fingerprint density at radius 2 is 2.21 bits per heavy atom. The van der Waals surface area contributed by atoms with E-state index in [1.165, 1.54) is 12.5 Å². The molecule has 2 heterocycles. The lowest BCUT2D eigenvalue weighted by molar-refractivity contribution is 0.0719. The average Bonchev–Trinajstić information content (AvgIpc) is 2.75. The number of aromatic nitrogens is 2. The van der Waals surface area contributed by atoms with Crippen molar-refractivity contribution in [3.63, 3.8) is 0 Å². The van der Waals surface area contributed by atoms with Crippen molar-refractivity contribution in [2.75, 3.05) is 13.2 Å². The highest BCUT2D eigenvalue weighted by molar-refractivity contribution is 5.94. The average molecular weight is 329 g/mol.